The number of aliphatic hydroxyl groups excluding tert-OH is 2. The summed E-state index contributed by atoms with van der Waals surface area (Å²) < 4.78 is 51.0. The first-order chi connectivity index (χ1) is 18.7. The zero-order valence-electron chi connectivity index (χ0n) is 21.5. The van der Waals surface area contributed by atoms with E-state index < -0.39 is 40.7 Å². The molecule has 1 fully saturated rings. The molecule has 0 spiro atoms. The molecule has 3 N–H and O–H groups in total. The van der Waals surface area contributed by atoms with E-state index in [-0.39, 0.29) is 26.1 Å². The standard InChI is InChI=1S/C28H31F3N2O6/c1-38-19-2-3-22-20(14-19)25(17(16-34)15-32-22)23(35)4-5-28(27(36)37)6-8-33(9-7-28)10-11-39-24-13-18(29)12-21(30)26(24)31/h2-3,12-15,23,34-35H,4-11,16H2,1H3,(H,36,37). The number of benzene rings is 2. The number of hydrogen-bond donors (Lipinski definition) is 3. The Morgan fingerprint density at radius 1 is 1.18 bits per heavy atom. The number of likely N-dealkylation sites (tertiary alicyclic amines) is 1. The lowest BCUT2D eigenvalue weighted by molar-refractivity contribution is -0.153. The number of aromatic nitrogens is 1. The molecule has 11 heteroatoms. The SMILES string of the molecule is COc1ccc2ncc(CO)c(C(O)CCC3(C(=O)O)CCN(CCOc4cc(F)cc(F)c4F)CC3)c2c1. The minimum atomic E-state index is -1.33. The summed E-state index contributed by atoms with van der Waals surface area (Å²) in [6, 6.07) is 6.45. The van der Waals surface area contributed by atoms with Gasteiger partial charge in [-0.3, -0.25) is 14.7 Å². The molecule has 2 aromatic carbocycles. The lowest BCUT2D eigenvalue weighted by atomic mass is 9.74. The summed E-state index contributed by atoms with van der Waals surface area (Å²) in [7, 11) is 1.52. The Hall–Kier alpha value is -3.41. The number of methoxy groups -OCH3 is 1. The maximum atomic E-state index is 13.8. The Morgan fingerprint density at radius 2 is 1.92 bits per heavy atom. The van der Waals surface area contributed by atoms with Crippen molar-refractivity contribution in [3.63, 3.8) is 0 Å². The second-order valence-electron chi connectivity index (χ2n) is 9.77. The van der Waals surface area contributed by atoms with Crippen molar-refractivity contribution in [1.29, 1.82) is 0 Å². The van der Waals surface area contributed by atoms with Crippen molar-refractivity contribution in [3.8, 4) is 11.5 Å². The number of aliphatic carboxylic acids is 1. The van der Waals surface area contributed by atoms with E-state index >= 15 is 0 Å². The maximum Gasteiger partial charge on any atom is 0.309 e. The quantitative estimate of drug-likeness (QED) is 0.306. The molecule has 0 amide bonds. The molecular weight excluding hydrogens is 517 g/mol. The third-order valence-corrected chi connectivity index (χ3v) is 7.49. The smallest absolute Gasteiger partial charge is 0.309 e. The topological polar surface area (TPSA) is 112 Å². The summed E-state index contributed by atoms with van der Waals surface area (Å²) in [4.78, 5) is 18.6. The number of nitrogens with zero attached hydrogens (tertiary/aromatic N) is 2. The number of carboxylic acid groups (broad SMARTS) is 1. The normalized spacial score (nSPS) is 16.3. The Balaban J connectivity index is 1.39. The van der Waals surface area contributed by atoms with Crippen LogP contribution in [0.3, 0.4) is 0 Å². The number of halogens is 3. The highest BCUT2D eigenvalue weighted by Gasteiger charge is 2.41. The number of aliphatic hydroxyl groups is 2. The predicted molar refractivity (Wildman–Crippen MR) is 136 cm³/mol. The van der Waals surface area contributed by atoms with Crippen LogP contribution in [0, 0.1) is 22.9 Å². The number of carbonyl (C=O) groups is 1. The Morgan fingerprint density at radius 3 is 2.59 bits per heavy atom. The van der Waals surface area contributed by atoms with Crippen LogP contribution in [0.25, 0.3) is 10.9 Å². The van der Waals surface area contributed by atoms with Crippen molar-refractivity contribution in [2.24, 2.45) is 5.41 Å². The fourth-order valence-electron chi connectivity index (χ4n) is 5.13. The lowest BCUT2D eigenvalue weighted by Crippen LogP contribution is -2.45. The van der Waals surface area contributed by atoms with Crippen molar-refractivity contribution in [3.05, 3.63) is 65.1 Å². The van der Waals surface area contributed by atoms with Crippen LogP contribution in [-0.2, 0) is 11.4 Å². The van der Waals surface area contributed by atoms with Gasteiger partial charge in [-0.25, -0.2) is 8.78 Å². The fraction of sp³-hybridized carbons (Fsp3) is 0.429. The van der Waals surface area contributed by atoms with E-state index in [9.17, 15) is 33.3 Å². The molecular formula is C28H31F3N2O6. The van der Waals surface area contributed by atoms with Gasteiger partial charge >= 0.3 is 5.97 Å². The molecule has 39 heavy (non-hydrogen) atoms. The number of hydrogen-bond acceptors (Lipinski definition) is 7. The van der Waals surface area contributed by atoms with E-state index in [1.807, 2.05) is 4.90 Å². The molecule has 0 aliphatic carbocycles. The van der Waals surface area contributed by atoms with Gasteiger partial charge in [0.1, 0.15) is 18.2 Å². The second kappa shape index (κ2) is 12.2. The van der Waals surface area contributed by atoms with E-state index in [1.54, 1.807) is 18.2 Å². The molecule has 3 aromatic rings. The molecule has 8 nitrogen and oxygen atoms in total. The van der Waals surface area contributed by atoms with Crippen molar-refractivity contribution in [2.45, 2.75) is 38.4 Å². The summed E-state index contributed by atoms with van der Waals surface area (Å²) >= 11 is 0. The van der Waals surface area contributed by atoms with Gasteiger partial charge in [-0.05, 0) is 62.5 Å². The summed E-state index contributed by atoms with van der Waals surface area (Å²) in [5.74, 6) is -4.44. The molecule has 0 radical (unpaired) electrons. The summed E-state index contributed by atoms with van der Waals surface area (Å²) in [6.07, 6.45) is 1.47. The number of piperidine rings is 1. The molecule has 1 unspecified atom stereocenters. The predicted octanol–water partition coefficient (Wildman–Crippen LogP) is 4.21. The van der Waals surface area contributed by atoms with Crippen LogP contribution in [0.5, 0.6) is 11.5 Å². The minimum absolute atomic E-state index is 0.0267. The van der Waals surface area contributed by atoms with Gasteiger partial charge in [0.25, 0.3) is 0 Å². The second-order valence-corrected chi connectivity index (χ2v) is 9.77. The molecule has 4 rings (SSSR count). The average molecular weight is 549 g/mol. The summed E-state index contributed by atoms with van der Waals surface area (Å²) in [5.41, 5.74) is 0.511. The number of pyridine rings is 1. The van der Waals surface area contributed by atoms with Crippen LogP contribution < -0.4 is 9.47 Å². The van der Waals surface area contributed by atoms with Crippen LogP contribution in [0.1, 0.15) is 42.9 Å². The van der Waals surface area contributed by atoms with Gasteiger partial charge in [0, 0.05) is 35.8 Å². The summed E-state index contributed by atoms with van der Waals surface area (Å²) in [5, 5.41) is 31.8. The van der Waals surface area contributed by atoms with Crippen molar-refractivity contribution >= 4 is 16.9 Å². The monoisotopic (exact) mass is 548 g/mol. The number of fused-ring (bicyclic) bond motifs is 1. The van der Waals surface area contributed by atoms with E-state index in [1.165, 1.54) is 13.3 Å². The van der Waals surface area contributed by atoms with Gasteiger partial charge in [-0.2, -0.15) is 4.39 Å². The van der Waals surface area contributed by atoms with E-state index in [2.05, 4.69) is 4.98 Å². The zero-order valence-corrected chi connectivity index (χ0v) is 21.5. The van der Waals surface area contributed by atoms with E-state index in [0.717, 1.165) is 6.07 Å². The maximum absolute atomic E-state index is 13.8. The van der Waals surface area contributed by atoms with E-state index in [4.69, 9.17) is 9.47 Å². The molecule has 1 aliphatic heterocycles. The molecule has 1 aromatic heterocycles. The zero-order chi connectivity index (χ0) is 28.2. The lowest BCUT2D eigenvalue weighted by Gasteiger charge is -2.39. The third-order valence-electron chi connectivity index (χ3n) is 7.49. The highest BCUT2D eigenvalue weighted by molar-refractivity contribution is 5.85. The van der Waals surface area contributed by atoms with Crippen molar-refractivity contribution in [2.75, 3.05) is 33.4 Å². The molecule has 0 bridgehead atoms. The average Bonchev–Trinajstić information content (AvgIpc) is 2.93. The molecule has 2 heterocycles. The van der Waals surface area contributed by atoms with Crippen molar-refractivity contribution < 1.29 is 42.8 Å². The van der Waals surface area contributed by atoms with Gasteiger partial charge < -0.3 is 24.8 Å². The molecule has 210 valence electrons. The Bertz CT molecular complexity index is 1330. The third kappa shape index (κ3) is 6.26. The minimum Gasteiger partial charge on any atom is -0.497 e. The number of ether oxygens (including phenoxy) is 2. The van der Waals surface area contributed by atoms with Crippen LogP contribution in [-0.4, -0.2) is 64.5 Å². The first-order valence-electron chi connectivity index (χ1n) is 12.6. The molecule has 1 saturated heterocycles. The van der Waals surface area contributed by atoms with E-state index in [0.29, 0.717) is 66.3 Å². The highest BCUT2D eigenvalue weighted by Crippen LogP contribution is 2.40. The molecule has 1 aliphatic rings. The van der Waals surface area contributed by atoms with Crippen molar-refractivity contribution in [1.82, 2.24) is 9.88 Å². The fourth-order valence-corrected chi connectivity index (χ4v) is 5.13. The van der Waals surface area contributed by atoms with Gasteiger partial charge in [0.15, 0.2) is 11.6 Å². The van der Waals surface area contributed by atoms with Crippen LogP contribution in [0.15, 0.2) is 36.5 Å². The first kappa shape index (κ1) is 28.6. The Kier molecular flexibility index (Phi) is 8.94. The largest absolute Gasteiger partial charge is 0.497 e. The van der Waals surface area contributed by atoms with Crippen LogP contribution >= 0.6 is 0 Å². The number of rotatable bonds is 11. The van der Waals surface area contributed by atoms with Crippen LogP contribution in [0.4, 0.5) is 13.2 Å². The molecule has 0 saturated carbocycles. The summed E-state index contributed by atoms with van der Waals surface area (Å²) in [6.45, 7) is 0.799. The van der Waals surface area contributed by atoms with Gasteiger partial charge in [0.05, 0.1) is 30.8 Å². The van der Waals surface area contributed by atoms with Gasteiger partial charge in [-0.1, -0.05) is 0 Å². The van der Waals surface area contributed by atoms with Crippen LogP contribution in [0.2, 0.25) is 0 Å². The highest BCUT2D eigenvalue weighted by atomic mass is 19.2. The first-order valence-corrected chi connectivity index (χ1v) is 12.6. The number of carboxylic acids is 1. The Labute approximate surface area is 223 Å². The molecule has 1 atom stereocenters. The van der Waals surface area contributed by atoms with Gasteiger partial charge in [0.2, 0.25) is 5.82 Å². The van der Waals surface area contributed by atoms with Gasteiger partial charge in [-0.15, -0.1) is 0 Å².